The maximum absolute atomic E-state index is 11.7. The third-order valence-corrected chi connectivity index (χ3v) is 2.49. The second kappa shape index (κ2) is 5.87. The summed E-state index contributed by atoms with van der Waals surface area (Å²) in [4.78, 5) is 28.8. The van der Waals surface area contributed by atoms with Gasteiger partial charge in [-0.05, 0) is 36.8 Å². The molecule has 0 atom stereocenters. The number of H-pyrrole nitrogens is 1. The third kappa shape index (κ3) is 3.66. The van der Waals surface area contributed by atoms with Gasteiger partial charge in [0.1, 0.15) is 5.69 Å². The summed E-state index contributed by atoms with van der Waals surface area (Å²) in [6, 6.07) is 5.49. The van der Waals surface area contributed by atoms with E-state index >= 15 is 0 Å². The van der Waals surface area contributed by atoms with Crippen LogP contribution in [0.2, 0.25) is 0 Å². The van der Waals surface area contributed by atoms with Crippen LogP contribution in [0, 0.1) is 6.92 Å². The van der Waals surface area contributed by atoms with Gasteiger partial charge in [-0.15, -0.1) is 0 Å². The second-order valence-corrected chi connectivity index (χ2v) is 4.20. The zero-order valence-corrected chi connectivity index (χ0v) is 11.0. The Kier molecular flexibility index (Phi) is 3.98. The first-order valence-corrected chi connectivity index (χ1v) is 5.89. The van der Waals surface area contributed by atoms with Gasteiger partial charge in [-0.1, -0.05) is 0 Å². The average Bonchev–Trinajstić information content (AvgIpc) is 2.41. The molecular weight excluding hydrogens is 276 g/mol. The van der Waals surface area contributed by atoms with Crippen molar-refractivity contribution in [2.75, 3.05) is 0 Å². The molecule has 0 aliphatic carbocycles. The van der Waals surface area contributed by atoms with Gasteiger partial charge in [0.05, 0.1) is 6.21 Å². The molecule has 4 N–H and O–H groups in total. The summed E-state index contributed by atoms with van der Waals surface area (Å²) in [5.74, 6) is -1.18. The number of aryl methyl sites for hydroxylation is 1. The van der Waals surface area contributed by atoms with Crippen LogP contribution in [-0.2, 0) is 0 Å². The van der Waals surface area contributed by atoms with E-state index in [0.29, 0.717) is 11.3 Å². The molecule has 1 amide bonds. The quantitative estimate of drug-likeness (QED) is 0.366. The molecule has 0 radical (unpaired) electrons. The molecular formula is C13H12N4O4. The van der Waals surface area contributed by atoms with Crippen LogP contribution in [0.3, 0.4) is 0 Å². The number of carbonyl (C=O) groups is 1. The minimum atomic E-state index is -0.636. The van der Waals surface area contributed by atoms with Crippen molar-refractivity contribution in [2.45, 2.75) is 6.92 Å². The van der Waals surface area contributed by atoms with Crippen LogP contribution < -0.4 is 11.1 Å². The molecule has 108 valence electrons. The van der Waals surface area contributed by atoms with Crippen LogP contribution in [0.4, 0.5) is 0 Å². The molecule has 21 heavy (non-hydrogen) atoms. The number of amides is 1. The van der Waals surface area contributed by atoms with Crippen molar-refractivity contribution < 1.29 is 15.0 Å². The van der Waals surface area contributed by atoms with Gasteiger partial charge >= 0.3 is 5.69 Å². The number of hydrogen-bond acceptors (Lipinski definition) is 6. The fourth-order valence-electron chi connectivity index (χ4n) is 1.54. The lowest BCUT2D eigenvalue weighted by Gasteiger charge is -2.00. The van der Waals surface area contributed by atoms with Crippen molar-refractivity contribution in [3.05, 3.63) is 51.7 Å². The van der Waals surface area contributed by atoms with E-state index in [0.717, 1.165) is 0 Å². The van der Waals surface area contributed by atoms with Gasteiger partial charge in [-0.2, -0.15) is 10.1 Å². The first kappa shape index (κ1) is 14.3. The molecule has 2 rings (SSSR count). The molecule has 0 aliphatic heterocycles. The number of carbonyl (C=O) groups excluding carboxylic acids is 1. The first-order chi connectivity index (χ1) is 9.95. The Labute approximate surface area is 118 Å². The standard InChI is InChI=1S/C13H12N4O4/c1-7-4-9(16-13(21)15-7)12(20)17-14-6-8-2-3-10(18)11(19)5-8/h2-6,18-19H,1H3,(H,17,20)(H,15,16,21)/b14-6+. The zero-order valence-electron chi connectivity index (χ0n) is 11.0. The normalized spacial score (nSPS) is 10.7. The number of phenolic OH excluding ortho intramolecular Hbond substituents is 2. The van der Waals surface area contributed by atoms with Gasteiger partial charge in [0, 0.05) is 5.69 Å². The molecule has 0 bridgehead atoms. The molecule has 2 aromatic rings. The Morgan fingerprint density at radius 1 is 1.33 bits per heavy atom. The van der Waals surface area contributed by atoms with Crippen LogP contribution in [-0.4, -0.2) is 32.3 Å². The lowest BCUT2D eigenvalue weighted by Crippen LogP contribution is -2.24. The summed E-state index contributed by atoms with van der Waals surface area (Å²) in [6.45, 7) is 1.63. The Morgan fingerprint density at radius 2 is 2.10 bits per heavy atom. The number of nitrogens with one attached hydrogen (secondary N) is 2. The number of benzene rings is 1. The number of hydrogen-bond donors (Lipinski definition) is 4. The fourth-order valence-corrected chi connectivity index (χ4v) is 1.54. The summed E-state index contributed by atoms with van der Waals surface area (Å²) < 4.78 is 0. The van der Waals surface area contributed by atoms with Crippen molar-refractivity contribution in [3.8, 4) is 11.5 Å². The summed E-state index contributed by atoms with van der Waals surface area (Å²) in [5, 5.41) is 22.1. The zero-order chi connectivity index (χ0) is 15.4. The molecule has 8 nitrogen and oxygen atoms in total. The van der Waals surface area contributed by atoms with Crippen LogP contribution in [0.15, 0.2) is 34.2 Å². The number of aromatic amines is 1. The molecule has 1 aromatic heterocycles. The van der Waals surface area contributed by atoms with Crippen LogP contribution in [0.25, 0.3) is 0 Å². The van der Waals surface area contributed by atoms with E-state index in [1.165, 1.54) is 30.5 Å². The van der Waals surface area contributed by atoms with E-state index < -0.39 is 11.6 Å². The second-order valence-electron chi connectivity index (χ2n) is 4.20. The van der Waals surface area contributed by atoms with E-state index in [1.807, 2.05) is 0 Å². The van der Waals surface area contributed by atoms with E-state index in [1.54, 1.807) is 6.92 Å². The van der Waals surface area contributed by atoms with Crippen molar-refractivity contribution in [1.82, 2.24) is 15.4 Å². The Hall–Kier alpha value is -3.16. The number of aromatic hydroxyl groups is 2. The highest BCUT2D eigenvalue weighted by Crippen LogP contribution is 2.23. The average molecular weight is 288 g/mol. The summed E-state index contributed by atoms with van der Waals surface area (Å²) in [5.41, 5.74) is 2.52. The summed E-state index contributed by atoms with van der Waals surface area (Å²) in [6.07, 6.45) is 1.27. The summed E-state index contributed by atoms with van der Waals surface area (Å²) in [7, 11) is 0. The highest BCUT2D eigenvalue weighted by Gasteiger charge is 2.07. The molecule has 0 fully saturated rings. The topological polar surface area (TPSA) is 128 Å². The lowest BCUT2D eigenvalue weighted by molar-refractivity contribution is 0.0949. The van der Waals surface area contributed by atoms with Gasteiger partial charge in [-0.25, -0.2) is 10.2 Å². The number of rotatable bonds is 3. The lowest BCUT2D eigenvalue weighted by atomic mass is 10.2. The van der Waals surface area contributed by atoms with Gasteiger partial charge in [-0.3, -0.25) is 4.79 Å². The number of phenols is 2. The molecule has 0 aliphatic rings. The number of hydrazone groups is 1. The Bertz CT molecular complexity index is 767. The van der Waals surface area contributed by atoms with Gasteiger partial charge in [0.15, 0.2) is 11.5 Å². The van der Waals surface area contributed by atoms with Gasteiger partial charge in [0.25, 0.3) is 5.91 Å². The van der Waals surface area contributed by atoms with Crippen molar-refractivity contribution in [3.63, 3.8) is 0 Å². The molecule has 0 spiro atoms. The highest BCUT2D eigenvalue weighted by atomic mass is 16.3. The first-order valence-electron chi connectivity index (χ1n) is 5.89. The van der Waals surface area contributed by atoms with Crippen LogP contribution in [0.5, 0.6) is 11.5 Å². The van der Waals surface area contributed by atoms with Crippen molar-refractivity contribution in [1.29, 1.82) is 0 Å². The van der Waals surface area contributed by atoms with Crippen LogP contribution >= 0.6 is 0 Å². The molecule has 8 heteroatoms. The predicted octanol–water partition coefficient (Wildman–Crippen LogP) is 0.253. The van der Waals surface area contributed by atoms with E-state index in [9.17, 15) is 14.7 Å². The molecule has 0 saturated carbocycles. The summed E-state index contributed by atoms with van der Waals surface area (Å²) >= 11 is 0. The number of aromatic nitrogens is 2. The van der Waals surface area contributed by atoms with Crippen molar-refractivity contribution >= 4 is 12.1 Å². The maximum atomic E-state index is 11.7. The number of nitrogens with zero attached hydrogens (tertiary/aromatic N) is 2. The van der Waals surface area contributed by atoms with Gasteiger partial charge in [0.2, 0.25) is 0 Å². The molecule has 1 aromatic carbocycles. The SMILES string of the molecule is Cc1cc(C(=O)N/N=C/c2ccc(O)c(O)c2)nc(=O)[nH]1. The van der Waals surface area contributed by atoms with Crippen LogP contribution in [0.1, 0.15) is 21.7 Å². The monoisotopic (exact) mass is 288 g/mol. The van der Waals surface area contributed by atoms with Crippen molar-refractivity contribution in [2.24, 2.45) is 5.10 Å². The Balaban J connectivity index is 2.08. The predicted molar refractivity (Wildman–Crippen MR) is 74.4 cm³/mol. The molecule has 1 heterocycles. The maximum Gasteiger partial charge on any atom is 0.345 e. The van der Waals surface area contributed by atoms with E-state index in [-0.39, 0.29) is 17.2 Å². The van der Waals surface area contributed by atoms with E-state index in [4.69, 9.17) is 5.11 Å². The van der Waals surface area contributed by atoms with E-state index in [2.05, 4.69) is 20.5 Å². The minimum absolute atomic E-state index is 0.0537. The smallest absolute Gasteiger partial charge is 0.345 e. The molecule has 0 unspecified atom stereocenters. The largest absolute Gasteiger partial charge is 0.504 e. The minimum Gasteiger partial charge on any atom is -0.504 e. The Morgan fingerprint density at radius 3 is 2.76 bits per heavy atom. The van der Waals surface area contributed by atoms with Gasteiger partial charge < -0.3 is 15.2 Å². The highest BCUT2D eigenvalue weighted by molar-refractivity contribution is 5.93. The third-order valence-electron chi connectivity index (χ3n) is 2.49. The molecule has 0 saturated heterocycles. The fraction of sp³-hybridized carbons (Fsp3) is 0.0769.